The minimum atomic E-state index is -1.13. The van der Waals surface area contributed by atoms with Crippen LogP contribution in [0.2, 0.25) is 0 Å². The van der Waals surface area contributed by atoms with Crippen LogP contribution in [0, 0.1) is 5.92 Å². The Morgan fingerprint density at radius 1 is 1.50 bits per heavy atom. The number of carbonyl (C=O) groups excluding carboxylic acids is 1. The number of alkyl halides is 1. The summed E-state index contributed by atoms with van der Waals surface area (Å²) in [5.41, 5.74) is 0. The highest BCUT2D eigenvalue weighted by atomic mass is 19.1. The van der Waals surface area contributed by atoms with Crippen LogP contribution in [-0.2, 0) is 9.53 Å². The first-order valence-electron chi connectivity index (χ1n) is 5.75. The van der Waals surface area contributed by atoms with E-state index in [-0.39, 0.29) is 25.0 Å². The number of hydrogen-bond donors (Lipinski definition) is 2. The summed E-state index contributed by atoms with van der Waals surface area (Å²) >= 11 is 0. The third-order valence-corrected chi connectivity index (χ3v) is 2.35. The summed E-state index contributed by atoms with van der Waals surface area (Å²) in [5.74, 6) is -0.155. The highest BCUT2D eigenvalue weighted by Crippen LogP contribution is 2.00. The number of rotatable bonds is 9. The van der Waals surface area contributed by atoms with Gasteiger partial charge in [-0.3, -0.25) is 4.79 Å². The number of ether oxygens (including phenoxy) is 1. The Kier molecular flexibility index (Phi) is 9.13. The molecule has 0 rings (SSSR count). The Hall–Kier alpha value is -0.680. The molecule has 0 aromatic heterocycles. The van der Waals surface area contributed by atoms with Crippen LogP contribution in [-0.4, -0.2) is 45.4 Å². The standard InChI is InChI=1S/C11H23FN2O2/c1-4-9(2)11(15)14-7-10(12)8-16-6-5-13-3/h9-10,13H,4-8H2,1-3H3,(H,14,15). The second-order valence-corrected chi connectivity index (χ2v) is 3.83. The molecule has 0 fully saturated rings. The lowest BCUT2D eigenvalue weighted by Gasteiger charge is -2.13. The van der Waals surface area contributed by atoms with Crippen molar-refractivity contribution in [2.75, 3.05) is 33.4 Å². The fraction of sp³-hybridized carbons (Fsp3) is 0.909. The molecule has 5 heteroatoms. The summed E-state index contributed by atoms with van der Waals surface area (Å²) in [4.78, 5) is 11.3. The molecule has 0 aromatic rings. The van der Waals surface area contributed by atoms with Gasteiger partial charge in [0.2, 0.25) is 5.91 Å². The van der Waals surface area contributed by atoms with Gasteiger partial charge in [0.25, 0.3) is 0 Å². The number of carbonyl (C=O) groups is 1. The highest BCUT2D eigenvalue weighted by molar-refractivity contribution is 5.78. The van der Waals surface area contributed by atoms with Crippen LogP contribution >= 0.6 is 0 Å². The van der Waals surface area contributed by atoms with Crippen molar-refractivity contribution < 1.29 is 13.9 Å². The third kappa shape index (κ3) is 7.59. The van der Waals surface area contributed by atoms with Gasteiger partial charge in [-0.05, 0) is 13.5 Å². The number of amides is 1. The molecule has 96 valence electrons. The molecule has 0 aromatic carbocycles. The van der Waals surface area contributed by atoms with Crippen LogP contribution in [0.15, 0.2) is 0 Å². The molecule has 16 heavy (non-hydrogen) atoms. The number of hydrogen-bond acceptors (Lipinski definition) is 3. The maximum absolute atomic E-state index is 13.2. The summed E-state index contributed by atoms with van der Waals surface area (Å²) < 4.78 is 18.3. The van der Waals surface area contributed by atoms with Crippen LogP contribution in [0.3, 0.4) is 0 Å². The van der Waals surface area contributed by atoms with Crippen molar-refractivity contribution in [1.82, 2.24) is 10.6 Å². The molecule has 0 spiro atoms. The van der Waals surface area contributed by atoms with Crippen molar-refractivity contribution in [3.63, 3.8) is 0 Å². The van der Waals surface area contributed by atoms with E-state index in [2.05, 4.69) is 10.6 Å². The molecular weight excluding hydrogens is 211 g/mol. The first kappa shape index (κ1) is 15.3. The van der Waals surface area contributed by atoms with Crippen molar-refractivity contribution in [3.05, 3.63) is 0 Å². The topological polar surface area (TPSA) is 50.4 Å². The van der Waals surface area contributed by atoms with E-state index >= 15 is 0 Å². The van der Waals surface area contributed by atoms with Crippen LogP contribution in [0.1, 0.15) is 20.3 Å². The largest absolute Gasteiger partial charge is 0.377 e. The van der Waals surface area contributed by atoms with Gasteiger partial charge < -0.3 is 15.4 Å². The lowest BCUT2D eigenvalue weighted by molar-refractivity contribution is -0.124. The Bertz CT molecular complexity index is 191. The molecule has 0 saturated heterocycles. The molecule has 0 bridgehead atoms. The van der Waals surface area contributed by atoms with E-state index in [1.807, 2.05) is 20.9 Å². The Morgan fingerprint density at radius 2 is 2.19 bits per heavy atom. The lowest BCUT2D eigenvalue weighted by Crippen LogP contribution is -2.35. The molecule has 0 aliphatic rings. The average Bonchev–Trinajstić information content (AvgIpc) is 2.30. The molecule has 0 saturated carbocycles. The smallest absolute Gasteiger partial charge is 0.222 e. The predicted molar refractivity (Wildman–Crippen MR) is 62.1 cm³/mol. The van der Waals surface area contributed by atoms with Crippen molar-refractivity contribution >= 4 is 5.91 Å². The Labute approximate surface area is 96.9 Å². The number of halogens is 1. The van der Waals surface area contributed by atoms with E-state index < -0.39 is 6.17 Å². The molecule has 0 heterocycles. The monoisotopic (exact) mass is 234 g/mol. The SMILES string of the molecule is CCC(C)C(=O)NCC(F)COCCNC. The summed E-state index contributed by atoms with van der Waals surface area (Å²) in [6.45, 7) is 5.00. The van der Waals surface area contributed by atoms with Crippen molar-refractivity contribution in [2.24, 2.45) is 5.92 Å². The van der Waals surface area contributed by atoms with Gasteiger partial charge in [-0.15, -0.1) is 0 Å². The second-order valence-electron chi connectivity index (χ2n) is 3.83. The van der Waals surface area contributed by atoms with Gasteiger partial charge in [-0.2, -0.15) is 0 Å². The van der Waals surface area contributed by atoms with Gasteiger partial charge in [0.1, 0.15) is 6.17 Å². The van der Waals surface area contributed by atoms with Crippen LogP contribution < -0.4 is 10.6 Å². The molecule has 0 aliphatic heterocycles. The van der Waals surface area contributed by atoms with Gasteiger partial charge >= 0.3 is 0 Å². The maximum atomic E-state index is 13.2. The molecule has 0 radical (unpaired) electrons. The zero-order valence-corrected chi connectivity index (χ0v) is 10.4. The van der Waals surface area contributed by atoms with Crippen LogP contribution in [0.4, 0.5) is 4.39 Å². The van der Waals surface area contributed by atoms with Gasteiger partial charge in [0.15, 0.2) is 0 Å². The van der Waals surface area contributed by atoms with Gasteiger partial charge in [-0.1, -0.05) is 13.8 Å². The molecule has 1 amide bonds. The molecule has 0 aliphatic carbocycles. The molecule has 2 atom stereocenters. The van der Waals surface area contributed by atoms with Crippen molar-refractivity contribution in [3.8, 4) is 0 Å². The van der Waals surface area contributed by atoms with Gasteiger partial charge in [0.05, 0.1) is 19.8 Å². The van der Waals surface area contributed by atoms with E-state index in [0.29, 0.717) is 13.2 Å². The lowest BCUT2D eigenvalue weighted by atomic mass is 10.1. The highest BCUT2D eigenvalue weighted by Gasteiger charge is 2.13. The molecular formula is C11H23FN2O2. The average molecular weight is 234 g/mol. The second kappa shape index (κ2) is 9.54. The van der Waals surface area contributed by atoms with Crippen LogP contribution in [0.25, 0.3) is 0 Å². The fourth-order valence-corrected chi connectivity index (χ4v) is 1.02. The van der Waals surface area contributed by atoms with Gasteiger partial charge in [0, 0.05) is 12.5 Å². The minimum Gasteiger partial charge on any atom is -0.377 e. The first-order chi connectivity index (χ1) is 7.61. The molecule has 2 unspecified atom stereocenters. The molecule has 4 nitrogen and oxygen atoms in total. The Balaban J connectivity index is 3.49. The summed E-state index contributed by atoms with van der Waals surface area (Å²) in [6.07, 6.45) is -0.369. The Morgan fingerprint density at radius 3 is 2.75 bits per heavy atom. The van der Waals surface area contributed by atoms with Gasteiger partial charge in [-0.25, -0.2) is 4.39 Å². The maximum Gasteiger partial charge on any atom is 0.222 e. The fourth-order valence-electron chi connectivity index (χ4n) is 1.02. The minimum absolute atomic E-state index is 0.0302. The van der Waals surface area contributed by atoms with Crippen molar-refractivity contribution in [2.45, 2.75) is 26.4 Å². The third-order valence-electron chi connectivity index (χ3n) is 2.35. The summed E-state index contributed by atoms with van der Waals surface area (Å²) in [7, 11) is 1.81. The number of nitrogens with one attached hydrogen (secondary N) is 2. The van der Waals surface area contributed by atoms with E-state index in [0.717, 1.165) is 6.42 Å². The van der Waals surface area contributed by atoms with E-state index in [9.17, 15) is 9.18 Å². The first-order valence-corrected chi connectivity index (χ1v) is 5.75. The number of likely N-dealkylation sites (N-methyl/N-ethyl adjacent to an activating group) is 1. The van der Waals surface area contributed by atoms with E-state index in [1.165, 1.54) is 0 Å². The van der Waals surface area contributed by atoms with E-state index in [1.54, 1.807) is 0 Å². The zero-order chi connectivity index (χ0) is 12.4. The van der Waals surface area contributed by atoms with E-state index in [4.69, 9.17) is 4.74 Å². The summed E-state index contributed by atoms with van der Waals surface area (Å²) in [6, 6.07) is 0. The summed E-state index contributed by atoms with van der Waals surface area (Å²) in [5, 5.41) is 5.46. The quantitative estimate of drug-likeness (QED) is 0.578. The zero-order valence-electron chi connectivity index (χ0n) is 10.4. The normalized spacial score (nSPS) is 14.5. The molecule has 2 N–H and O–H groups in total. The van der Waals surface area contributed by atoms with Crippen LogP contribution in [0.5, 0.6) is 0 Å². The van der Waals surface area contributed by atoms with Crippen molar-refractivity contribution in [1.29, 1.82) is 0 Å². The predicted octanol–water partition coefficient (Wildman–Crippen LogP) is 0.723.